The predicted molar refractivity (Wildman–Crippen MR) is 106 cm³/mol. The van der Waals surface area contributed by atoms with Crippen LogP contribution < -0.4 is 10.2 Å². The highest BCUT2D eigenvalue weighted by atomic mass is 16.5. The quantitative estimate of drug-likeness (QED) is 0.610. The molecule has 7 nitrogen and oxygen atoms in total. The number of methoxy groups -OCH3 is 3. The molecule has 7 heteroatoms. The zero-order valence-corrected chi connectivity index (χ0v) is 16.4. The first kappa shape index (κ1) is 20.4. The SMILES string of the molecule is COCc1cc(=O)c(O)c(C(CC(=O)OC)c2ccc(OC)c3ccccc23)o1. The molecule has 2 aromatic carbocycles. The Hall–Kier alpha value is -3.32. The maximum absolute atomic E-state index is 12.3. The van der Waals surface area contributed by atoms with Gasteiger partial charge in [0.2, 0.25) is 11.2 Å². The summed E-state index contributed by atoms with van der Waals surface area (Å²) in [5, 5.41) is 12.1. The lowest BCUT2D eigenvalue weighted by Gasteiger charge is -2.20. The van der Waals surface area contributed by atoms with Crippen molar-refractivity contribution in [3.8, 4) is 11.5 Å². The van der Waals surface area contributed by atoms with E-state index in [-0.39, 0.29) is 24.5 Å². The molecular formula is C22H22O7. The highest BCUT2D eigenvalue weighted by Gasteiger charge is 2.28. The van der Waals surface area contributed by atoms with Gasteiger partial charge in [0.15, 0.2) is 5.76 Å². The van der Waals surface area contributed by atoms with Gasteiger partial charge in [0.05, 0.1) is 26.6 Å². The Kier molecular flexibility index (Phi) is 6.19. The van der Waals surface area contributed by atoms with E-state index in [0.29, 0.717) is 11.3 Å². The van der Waals surface area contributed by atoms with Crippen molar-refractivity contribution in [3.05, 3.63) is 69.8 Å². The highest BCUT2D eigenvalue weighted by molar-refractivity contribution is 5.92. The van der Waals surface area contributed by atoms with Gasteiger partial charge in [0.1, 0.15) is 18.1 Å². The number of hydrogen-bond acceptors (Lipinski definition) is 7. The molecule has 0 spiro atoms. The predicted octanol–water partition coefficient (Wildman–Crippen LogP) is 3.35. The van der Waals surface area contributed by atoms with Crippen LogP contribution in [0.15, 0.2) is 51.7 Å². The molecule has 0 amide bonds. The maximum atomic E-state index is 12.3. The Morgan fingerprint density at radius 3 is 2.48 bits per heavy atom. The Morgan fingerprint density at radius 1 is 1.10 bits per heavy atom. The van der Waals surface area contributed by atoms with Crippen LogP contribution in [0.2, 0.25) is 0 Å². The van der Waals surface area contributed by atoms with E-state index in [2.05, 4.69) is 0 Å². The first-order valence-electron chi connectivity index (χ1n) is 8.97. The molecule has 1 atom stereocenters. The number of hydrogen-bond donors (Lipinski definition) is 1. The molecule has 0 aliphatic heterocycles. The van der Waals surface area contributed by atoms with E-state index in [1.807, 2.05) is 24.3 Å². The molecule has 0 aliphatic rings. The fourth-order valence-electron chi connectivity index (χ4n) is 3.38. The fourth-order valence-corrected chi connectivity index (χ4v) is 3.38. The van der Waals surface area contributed by atoms with Crippen LogP contribution in [-0.4, -0.2) is 32.4 Å². The topological polar surface area (TPSA) is 95.2 Å². The van der Waals surface area contributed by atoms with Crippen molar-refractivity contribution in [1.29, 1.82) is 0 Å². The van der Waals surface area contributed by atoms with Gasteiger partial charge in [-0.25, -0.2) is 0 Å². The summed E-state index contributed by atoms with van der Waals surface area (Å²) in [5.74, 6) is -0.890. The van der Waals surface area contributed by atoms with Crippen LogP contribution in [0.1, 0.15) is 29.4 Å². The zero-order chi connectivity index (χ0) is 21.0. The minimum absolute atomic E-state index is 0.00901. The summed E-state index contributed by atoms with van der Waals surface area (Å²) in [6, 6.07) is 12.2. The summed E-state index contributed by atoms with van der Waals surface area (Å²) in [6.07, 6.45) is -0.125. The monoisotopic (exact) mass is 398 g/mol. The molecule has 1 unspecified atom stereocenters. The smallest absolute Gasteiger partial charge is 0.306 e. The van der Waals surface area contributed by atoms with Gasteiger partial charge < -0.3 is 23.7 Å². The van der Waals surface area contributed by atoms with Gasteiger partial charge >= 0.3 is 5.97 Å². The van der Waals surface area contributed by atoms with Crippen molar-refractivity contribution >= 4 is 16.7 Å². The molecule has 0 saturated heterocycles. The molecule has 0 aliphatic carbocycles. The Labute approximate surface area is 167 Å². The van der Waals surface area contributed by atoms with Gasteiger partial charge in [-0.2, -0.15) is 0 Å². The van der Waals surface area contributed by atoms with Gasteiger partial charge in [0.25, 0.3) is 0 Å². The normalized spacial score (nSPS) is 12.0. The van der Waals surface area contributed by atoms with Gasteiger partial charge in [-0.3, -0.25) is 9.59 Å². The lowest BCUT2D eigenvalue weighted by Crippen LogP contribution is -2.14. The second-order valence-electron chi connectivity index (χ2n) is 6.46. The summed E-state index contributed by atoms with van der Waals surface area (Å²) in [7, 11) is 4.32. The Bertz CT molecular complexity index is 1080. The molecule has 0 radical (unpaired) electrons. The van der Waals surface area contributed by atoms with Crippen molar-refractivity contribution in [2.75, 3.05) is 21.3 Å². The van der Waals surface area contributed by atoms with E-state index in [1.165, 1.54) is 20.3 Å². The minimum atomic E-state index is -0.747. The van der Waals surface area contributed by atoms with Crippen molar-refractivity contribution in [3.63, 3.8) is 0 Å². The van der Waals surface area contributed by atoms with Gasteiger partial charge in [-0.15, -0.1) is 0 Å². The van der Waals surface area contributed by atoms with Crippen molar-refractivity contribution in [2.45, 2.75) is 18.9 Å². The number of benzene rings is 2. The van der Waals surface area contributed by atoms with Gasteiger partial charge in [-0.05, 0) is 17.0 Å². The van der Waals surface area contributed by atoms with E-state index in [1.54, 1.807) is 19.2 Å². The van der Waals surface area contributed by atoms with Crippen LogP contribution in [0.5, 0.6) is 11.5 Å². The van der Waals surface area contributed by atoms with E-state index in [4.69, 9.17) is 18.6 Å². The standard InChI is InChI=1S/C22H22O7/c1-26-12-13-10-18(23)21(25)22(29-13)17(11-20(24)28-3)15-8-9-19(27-2)16-7-5-4-6-14(15)16/h4-10,17,25H,11-12H2,1-3H3. The fraction of sp³-hybridized carbons (Fsp3) is 0.273. The van der Waals surface area contributed by atoms with E-state index in [9.17, 15) is 14.7 Å². The molecule has 0 saturated carbocycles. The summed E-state index contributed by atoms with van der Waals surface area (Å²) < 4.78 is 21.1. The van der Waals surface area contributed by atoms with Crippen LogP contribution in [0.25, 0.3) is 10.8 Å². The third-order valence-electron chi connectivity index (χ3n) is 4.71. The second kappa shape index (κ2) is 8.79. The van der Waals surface area contributed by atoms with E-state index in [0.717, 1.165) is 10.8 Å². The molecule has 0 bridgehead atoms. The molecule has 1 heterocycles. The summed E-state index contributed by atoms with van der Waals surface area (Å²) >= 11 is 0. The van der Waals surface area contributed by atoms with Crippen LogP contribution in [0.4, 0.5) is 0 Å². The molecule has 0 fully saturated rings. The average molecular weight is 398 g/mol. The average Bonchev–Trinajstić information content (AvgIpc) is 2.74. The van der Waals surface area contributed by atoms with Gasteiger partial charge in [-0.1, -0.05) is 30.3 Å². The van der Waals surface area contributed by atoms with Crippen molar-refractivity contribution in [1.82, 2.24) is 0 Å². The third kappa shape index (κ3) is 4.09. The number of aromatic hydroxyl groups is 1. The zero-order valence-electron chi connectivity index (χ0n) is 16.4. The number of esters is 1. The van der Waals surface area contributed by atoms with Crippen molar-refractivity contribution in [2.24, 2.45) is 0 Å². The first-order chi connectivity index (χ1) is 14.0. The molecule has 29 heavy (non-hydrogen) atoms. The minimum Gasteiger partial charge on any atom is -0.502 e. The number of ether oxygens (including phenoxy) is 3. The van der Waals surface area contributed by atoms with Gasteiger partial charge in [0, 0.05) is 18.6 Å². The van der Waals surface area contributed by atoms with E-state index < -0.39 is 23.1 Å². The van der Waals surface area contributed by atoms with Crippen LogP contribution >= 0.6 is 0 Å². The van der Waals surface area contributed by atoms with E-state index >= 15 is 0 Å². The molecule has 1 aromatic heterocycles. The molecule has 3 aromatic rings. The Morgan fingerprint density at radius 2 is 1.83 bits per heavy atom. The lowest BCUT2D eigenvalue weighted by atomic mass is 9.88. The molecule has 152 valence electrons. The molecule has 1 N–H and O–H groups in total. The first-order valence-corrected chi connectivity index (χ1v) is 8.97. The van der Waals surface area contributed by atoms with Crippen LogP contribution in [0, 0.1) is 0 Å². The number of fused-ring (bicyclic) bond motifs is 1. The molecule has 3 rings (SSSR count). The number of carbonyl (C=O) groups excluding carboxylic acids is 1. The summed E-state index contributed by atoms with van der Waals surface area (Å²) in [5.41, 5.74) is 0.0887. The summed E-state index contributed by atoms with van der Waals surface area (Å²) in [6.45, 7) is 0.0524. The Balaban J connectivity index is 2.27. The molecular weight excluding hydrogens is 376 g/mol. The number of carbonyl (C=O) groups is 1. The lowest BCUT2D eigenvalue weighted by molar-refractivity contribution is -0.140. The van der Waals surface area contributed by atoms with Crippen LogP contribution in [0.3, 0.4) is 0 Å². The summed E-state index contributed by atoms with van der Waals surface area (Å²) in [4.78, 5) is 24.5. The second-order valence-corrected chi connectivity index (χ2v) is 6.46. The third-order valence-corrected chi connectivity index (χ3v) is 4.71. The maximum Gasteiger partial charge on any atom is 0.306 e. The highest BCUT2D eigenvalue weighted by Crippen LogP contribution is 2.39. The number of rotatable bonds is 7. The largest absolute Gasteiger partial charge is 0.502 e. The van der Waals surface area contributed by atoms with Crippen LogP contribution in [-0.2, 0) is 20.9 Å². The van der Waals surface area contributed by atoms with Crippen molar-refractivity contribution < 1.29 is 28.5 Å².